The van der Waals surface area contributed by atoms with E-state index in [0.717, 1.165) is 22.0 Å². The van der Waals surface area contributed by atoms with Gasteiger partial charge in [-0.15, -0.1) is 0 Å². The van der Waals surface area contributed by atoms with Gasteiger partial charge in [0, 0.05) is 23.1 Å². The number of hydrogen-bond acceptors (Lipinski definition) is 3. The molecule has 1 heterocycles. The van der Waals surface area contributed by atoms with Crippen molar-refractivity contribution in [3.05, 3.63) is 52.3 Å². The molecule has 2 N–H and O–H groups in total. The summed E-state index contributed by atoms with van der Waals surface area (Å²) in [5.41, 5.74) is 1.43. The normalized spacial score (nSPS) is 11.8. The molecule has 1 aromatic heterocycles. The summed E-state index contributed by atoms with van der Waals surface area (Å²) in [5, 5.41) is 23.8. The minimum absolute atomic E-state index is 0.0831. The van der Waals surface area contributed by atoms with Gasteiger partial charge in [0.1, 0.15) is 0 Å². The van der Waals surface area contributed by atoms with E-state index in [1.165, 1.54) is 0 Å². The molecule has 0 amide bonds. The average Bonchev–Trinajstić information content (AvgIpc) is 2.86. The highest BCUT2D eigenvalue weighted by atomic mass is 79.9. The standard InChI is InChI=1S/C15H19BrN2O2/c1-18-9-12(8-17-18)5-6-15(10-19,11-20)13-3-2-4-14(16)7-13/h2-4,7-9,19-20H,5-6,10-11H2,1H3. The van der Waals surface area contributed by atoms with Gasteiger partial charge in [-0.25, -0.2) is 0 Å². The first-order chi connectivity index (χ1) is 9.59. The Bertz CT molecular complexity index is 565. The molecule has 0 saturated heterocycles. The van der Waals surface area contributed by atoms with Gasteiger partial charge in [-0.05, 0) is 36.1 Å². The van der Waals surface area contributed by atoms with E-state index < -0.39 is 5.41 Å². The molecule has 0 bridgehead atoms. The van der Waals surface area contributed by atoms with Gasteiger partial charge in [-0.3, -0.25) is 4.68 Å². The predicted octanol–water partition coefficient (Wildman–Crippen LogP) is 2.04. The lowest BCUT2D eigenvalue weighted by molar-refractivity contribution is 0.109. The van der Waals surface area contributed by atoms with Crippen molar-refractivity contribution in [3.8, 4) is 0 Å². The molecule has 2 rings (SSSR count). The van der Waals surface area contributed by atoms with E-state index in [-0.39, 0.29) is 13.2 Å². The Morgan fingerprint density at radius 1 is 1.30 bits per heavy atom. The summed E-state index contributed by atoms with van der Waals surface area (Å²) in [6.07, 6.45) is 5.21. The first-order valence-electron chi connectivity index (χ1n) is 6.55. The van der Waals surface area contributed by atoms with Crippen molar-refractivity contribution in [1.82, 2.24) is 9.78 Å². The summed E-state index contributed by atoms with van der Waals surface area (Å²) in [6, 6.07) is 7.75. The number of halogens is 1. The fourth-order valence-corrected chi connectivity index (χ4v) is 2.74. The van der Waals surface area contributed by atoms with Crippen LogP contribution in [0, 0.1) is 0 Å². The Labute approximate surface area is 127 Å². The largest absolute Gasteiger partial charge is 0.395 e. The molecule has 0 unspecified atom stereocenters. The summed E-state index contributed by atoms with van der Waals surface area (Å²) in [6.45, 7) is -0.166. The van der Waals surface area contributed by atoms with E-state index in [1.54, 1.807) is 4.68 Å². The number of aromatic nitrogens is 2. The fraction of sp³-hybridized carbons (Fsp3) is 0.400. The van der Waals surface area contributed by atoms with Crippen molar-refractivity contribution < 1.29 is 10.2 Å². The smallest absolute Gasteiger partial charge is 0.0550 e. The summed E-state index contributed by atoms with van der Waals surface area (Å²) in [7, 11) is 1.88. The monoisotopic (exact) mass is 338 g/mol. The summed E-state index contributed by atoms with van der Waals surface area (Å²) >= 11 is 3.44. The van der Waals surface area contributed by atoms with Gasteiger partial charge >= 0.3 is 0 Å². The van der Waals surface area contributed by atoms with Gasteiger partial charge in [0.25, 0.3) is 0 Å². The third-order valence-corrected chi connectivity index (χ3v) is 4.19. The lowest BCUT2D eigenvalue weighted by Crippen LogP contribution is -2.35. The Morgan fingerprint density at radius 2 is 2.05 bits per heavy atom. The van der Waals surface area contributed by atoms with Crippen molar-refractivity contribution >= 4 is 15.9 Å². The topological polar surface area (TPSA) is 58.3 Å². The highest BCUT2D eigenvalue weighted by molar-refractivity contribution is 9.10. The van der Waals surface area contributed by atoms with Crippen molar-refractivity contribution in [3.63, 3.8) is 0 Å². The molecule has 5 heteroatoms. The van der Waals surface area contributed by atoms with Crippen molar-refractivity contribution in [1.29, 1.82) is 0 Å². The maximum absolute atomic E-state index is 9.81. The van der Waals surface area contributed by atoms with Crippen LogP contribution < -0.4 is 0 Å². The summed E-state index contributed by atoms with van der Waals surface area (Å²) in [5.74, 6) is 0. The Balaban J connectivity index is 2.20. The molecule has 0 saturated carbocycles. The predicted molar refractivity (Wildman–Crippen MR) is 81.5 cm³/mol. The van der Waals surface area contributed by atoms with E-state index in [4.69, 9.17) is 0 Å². The molecule has 20 heavy (non-hydrogen) atoms. The zero-order chi connectivity index (χ0) is 14.6. The molecular formula is C15H19BrN2O2. The fourth-order valence-electron chi connectivity index (χ4n) is 2.34. The van der Waals surface area contributed by atoms with E-state index in [1.807, 2.05) is 43.7 Å². The molecular weight excluding hydrogens is 320 g/mol. The van der Waals surface area contributed by atoms with Crippen LogP contribution in [0.2, 0.25) is 0 Å². The van der Waals surface area contributed by atoms with Gasteiger partial charge in [0.2, 0.25) is 0 Å². The van der Waals surface area contributed by atoms with E-state index in [0.29, 0.717) is 6.42 Å². The van der Waals surface area contributed by atoms with Crippen LogP contribution in [0.1, 0.15) is 17.5 Å². The Morgan fingerprint density at radius 3 is 2.60 bits per heavy atom. The first kappa shape index (κ1) is 15.2. The molecule has 0 fully saturated rings. The van der Waals surface area contributed by atoms with Crippen molar-refractivity contribution in [2.75, 3.05) is 13.2 Å². The van der Waals surface area contributed by atoms with Crippen LogP contribution in [0.3, 0.4) is 0 Å². The van der Waals surface area contributed by atoms with Crippen LogP contribution in [0.5, 0.6) is 0 Å². The SMILES string of the molecule is Cn1cc(CCC(CO)(CO)c2cccc(Br)c2)cn1. The molecule has 0 spiro atoms. The maximum atomic E-state index is 9.81. The zero-order valence-corrected chi connectivity index (χ0v) is 13.0. The molecule has 0 aliphatic carbocycles. The van der Waals surface area contributed by atoms with Gasteiger partial charge in [0.15, 0.2) is 0 Å². The van der Waals surface area contributed by atoms with Crippen molar-refractivity contribution in [2.45, 2.75) is 18.3 Å². The number of aliphatic hydroxyl groups is 2. The van der Waals surface area contributed by atoms with Gasteiger partial charge < -0.3 is 10.2 Å². The number of hydrogen-bond donors (Lipinski definition) is 2. The number of aliphatic hydroxyl groups excluding tert-OH is 2. The minimum atomic E-state index is -0.625. The van der Waals surface area contributed by atoms with E-state index >= 15 is 0 Å². The minimum Gasteiger partial charge on any atom is -0.395 e. The molecule has 0 radical (unpaired) electrons. The van der Waals surface area contributed by atoms with Crippen LogP contribution >= 0.6 is 15.9 Å². The Kier molecular flexibility index (Phi) is 4.96. The highest BCUT2D eigenvalue weighted by Gasteiger charge is 2.31. The second-order valence-electron chi connectivity index (χ2n) is 5.13. The lowest BCUT2D eigenvalue weighted by Gasteiger charge is -2.30. The van der Waals surface area contributed by atoms with Crippen LogP contribution in [-0.4, -0.2) is 33.2 Å². The van der Waals surface area contributed by atoms with Crippen LogP contribution in [-0.2, 0) is 18.9 Å². The maximum Gasteiger partial charge on any atom is 0.0550 e. The average molecular weight is 339 g/mol. The quantitative estimate of drug-likeness (QED) is 0.847. The van der Waals surface area contributed by atoms with Gasteiger partial charge in [-0.1, -0.05) is 28.1 Å². The molecule has 0 atom stereocenters. The van der Waals surface area contributed by atoms with Gasteiger partial charge in [-0.2, -0.15) is 5.10 Å². The van der Waals surface area contributed by atoms with Crippen LogP contribution in [0.4, 0.5) is 0 Å². The molecule has 108 valence electrons. The Hall–Kier alpha value is -1.17. The number of benzene rings is 1. The van der Waals surface area contributed by atoms with E-state index in [9.17, 15) is 10.2 Å². The second kappa shape index (κ2) is 6.52. The summed E-state index contributed by atoms with van der Waals surface area (Å²) < 4.78 is 2.70. The number of nitrogens with zero attached hydrogens (tertiary/aromatic N) is 2. The van der Waals surface area contributed by atoms with Gasteiger partial charge in [0.05, 0.1) is 19.4 Å². The third-order valence-electron chi connectivity index (χ3n) is 3.69. The molecule has 1 aromatic carbocycles. The number of rotatable bonds is 6. The highest BCUT2D eigenvalue weighted by Crippen LogP contribution is 2.30. The third kappa shape index (κ3) is 3.29. The molecule has 0 aliphatic heterocycles. The first-order valence-corrected chi connectivity index (χ1v) is 7.34. The zero-order valence-electron chi connectivity index (χ0n) is 11.5. The summed E-state index contributed by atoms with van der Waals surface area (Å²) in [4.78, 5) is 0. The molecule has 2 aromatic rings. The van der Waals surface area contributed by atoms with E-state index in [2.05, 4.69) is 21.0 Å². The molecule has 4 nitrogen and oxygen atoms in total. The van der Waals surface area contributed by atoms with Crippen molar-refractivity contribution in [2.24, 2.45) is 7.05 Å². The lowest BCUT2D eigenvalue weighted by atomic mass is 9.77. The van der Waals surface area contributed by atoms with Crippen LogP contribution in [0.25, 0.3) is 0 Å². The van der Waals surface area contributed by atoms with Crippen LogP contribution in [0.15, 0.2) is 41.1 Å². The molecule has 0 aliphatic rings. The second-order valence-corrected chi connectivity index (χ2v) is 6.04. The number of aryl methyl sites for hydroxylation is 2.